The van der Waals surface area contributed by atoms with E-state index in [-0.39, 0.29) is 5.56 Å². The molecule has 2 aromatic rings. The van der Waals surface area contributed by atoms with Crippen molar-refractivity contribution in [3.8, 4) is 0 Å². The third-order valence-electron chi connectivity index (χ3n) is 2.50. The molecule has 0 spiro atoms. The maximum atomic E-state index is 11.0. The van der Waals surface area contributed by atoms with Crippen molar-refractivity contribution in [3.63, 3.8) is 0 Å². The number of rotatable bonds is 5. The van der Waals surface area contributed by atoms with Crippen LogP contribution in [0.15, 0.2) is 43.0 Å². The number of hydrogen-bond acceptors (Lipinski definition) is 5. The predicted molar refractivity (Wildman–Crippen MR) is 68.8 cm³/mol. The maximum Gasteiger partial charge on any atom is 0.376 e. The molecule has 2 heterocycles. The lowest BCUT2D eigenvalue weighted by Gasteiger charge is -2.00. The Morgan fingerprint density at radius 3 is 2.60 bits per heavy atom. The van der Waals surface area contributed by atoms with Gasteiger partial charge in [0.25, 0.3) is 5.78 Å². The Kier molecular flexibility index (Phi) is 3.90. The number of pyridine rings is 1. The molecule has 0 aromatic carbocycles. The number of aliphatic hydroxyl groups is 1. The highest BCUT2D eigenvalue weighted by molar-refractivity contribution is 6.38. The fourth-order valence-electron chi connectivity index (χ4n) is 1.53. The summed E-state index contributed by atoms with van der Waals surface area (Å²) in [7, 11) is 0. The van der Waals surface area contributed by atoms with Crippen LogP contribution in [0.25, 0.3) is 5.76 Å². The van der Waals surface area contributed by atoms with Gasteiger partial charge in [0.2, 0.25) is 0 Å². The highest BCUT2D eigenvalue weighted by atomic mass is 16.4. The molecule has 0 unspecified atom stereocenters. The lowest BCUT2D eigenvalue weighted by atomic mass is 10.2. The van der Waals surface area contributed by atoms with Gasteiger partial charge in [0.15, 0.2) is 0 Å². The first-order valence-corrected chi connectivity index (χ1v) is 5.66. The van der Waals surface area contributed by atoms with Gasteiger partial charge in [-0.2, -0.15) is 5.10 Å². The number of aromatic nitrogens is 3. The summed E-state index contributed by atoms with van der Waals surface area (Å²) in [5, 5.41) is 22.1. The highest BCUT2D eigenvalue weighted by Gasteiger charge is 2.11. The molecule has 0 aliphatic heterocycles. The number of carboxylic acids is 1. The van der Waals surface area contributed by atoms with E-state index in [9.17, 15) is 14.7 Å². The van der Waals surface area contributed by atoms with Gasteiger partial charge in [-0.3, -0.25) is 14.5 Å². The van der Waals surface area contributed by atoms with Crippen LogP contribution in [0.5, 0.6) is 0 Å². The summed E-state index contributed by atoms with van der Waals surface area (Å²) < 4.78 is 1.56. The molecular formula is C13H11N3O4. The molecule has 7 nitrogen and oxygen atoms in total. The first-order valence-electron chi connectivity index (χ1n) is 5.66. The van der Waals surface area contributed by atoms with Gasteiger partial charge in [0, 0.05) is 24.7 Å². The van der Waals surface area contributed by atoms with E-state index in [0.717, 1.165) is 5.56 Å². The van der Waals surface area contributed by atoms with Crippen molar-refractivity contribution >= 4 is 17.5 Å². The normalized spacial score (nSPS) is 11.3. The Bertz CT molecular complexity index is 661. The molecular weight excluding hydrogens is 262 g/mol. The van der Waals surface area contributed by atoms with Gasteiger partial charge in [-0.25, -0.2) is 4.79 Å². The van der Waals surface area contributed by atoms with Gasteiger partial charge in [0.1, 0.15) is 5.76 Å². The number of carbonyl (C=O) groups excluding carboxylic acids is 1. The summed E-state index contributed by atoms with van der Waals surface area (Å²) in [6.45, 7) is 0.475. The summed E-state index contributed by atoms with van der Waals surface area (Å²) in [6, 6.07) is 3.65. The number of carboxylic acid groups (broad SMARTS) is 1. The Morgan fingerprint density at radius 2 is 1.95 bits per heavy atom. The SMILES string of the molecule is O=C(O)C(=O)C=C(O)c1cnn(Cc2ccncc2)c1. The van der Waals surface area contributed by atoms with Gasteiger partial charge in [-0.1, -0.05) is 0 Å². The van der Waals surface area contributed by atoms with Crippen LogP contribution >= 0.6 is 0 Å². The van der Waals surface area contributed by atoms with Gasteiger partial charge in [-0.15, -0.1) is 0 Å². The summed E-state index contributed by atoms with van der Waals surface area (Å²) in [5.41, 5.74) is 1.24. The Hall–Kier alpha value is -2.96. The average molecular weight is 273 g/mol. The van der Waals surface area contributed by atoms with Crippen molar-refractivity contribution in [2.45, 2.75) is 6.54 Å². The van der Waals surface area contributed by atoms with E-state index >= 15 is 0 Å². The number of aliphatic hydroxyl groups excluding tert-OH is 1. The number of nitrogens with zero attached hydrogens (tertiary/aromatic N) is 3. The van der Waals surface area contributed by atoms with Gasteiger partial charge in [0.05, 0.1) is 18.3 Å². The Morgan fingerprint density at radius 1 is 1.25 bits per heavy atom. The largest absolute Gasteiger partial charge is 0.507 e. The quantitative estimate of drug-likeness (QED) is 0.476. The van der Waals surface area contributed by atoms with Crippen molar-refractivity contribution in [1.29, 1.82) is 0 Å². The van der Waals surface area contributed by atoms with E-state index in [4.69, 9.17) is 5.11 Å². The number of ketones is 1. The maximum absolute atomic E-state index is 11.0. The predicted octanol–water partition coefficient (Wildman–Crippen LogP) is 0.879. The van der Waals surface area contributed by atoms with Crippen LogP contribution in [0.1, 0.15) is 11.1 Å². The molecule has 102 valence electrons. The molecule has 0 bridgehead atoms. The smallest absolute Gasteiger partial charge is 0.376 e. The molecule has 7 heteroatoms. The minimum Gasteiger partial charge on any atom is -0.507 e. The average Bonchev–Trinajstić information content (AvgIpc) is 2.88. The van der Waals surface area contributed by atoms with Crippen LogP contribution in [0.3, 0.4) is 0 Å². The van der Waals surface area contributed by atoms with Gasteiger partial charge < -0.3 is 10.2 Å². The molecule has 0 saturated heterocycles. The molecule has 0 saturated carbocycles. The third kappa shape index (κ3) is 3.29. The fraction of sp³-hybridized carbons (Fsp3) is 0.0769. The zero-order chi connectivity index (χ0) is 14.5. The Labute approximate surface area is 113 Å². The fourth-order valence-corrected chi connectivity index (χ4v) is 1.53. The molecule has 20 heavy (non-hydrogen) atoms. The summed E-state index contributed by atoms with van der Waals surface area (Å²) in [4.78, 5) is 25.2. The van der Waals surface area contributed by atoms with E-state index in [2.05, 4.69) is 10.1 Å². The highest BCUT2D eigenvalue weighted by Crippen LogP contribution is 2.11. The standard InChI is InChI=1S/C13H11N3O4/c17-11(5-12(18)13(19)20)10-6-15-16(8-10)7-9-1-3-14-4-2-9/h1-6,8,17H,7H2,(H,19,20). The van der Waals surface area contributed by atoms with Gasteiger partial charge >= 0.3 is 5.97 Å². The van der Waals surface area contributed by atoms with Crippen molar-refractivity contribution in [2.75, 3.05) is 0 Å². The minimum absolute atomic E-state index is 0.272. The number of hydrogen-bond donors (Lipinski definition) is 2. The molecule has 0 aliphatic rings. The van der Waals surface area contributed by atoms with Crippen molar-refractivity contribution in [3.05, 3.63) is 54.1 Å². The van der Waals surface area contributed by atoms with E-state index in [1.807, 2.05) is 12.1 Å². The zero-order valence-corrected chi connectivity index (χ0v) is 10.3. The molecule has 0 radical (unpaired) electrons. The molecule has 2 N–H and O–H groups in total. The molecule has 0 atom stereocenters. The molecule has 2 aromatic heterocycles. The first kappa shape index (κ1) is 13.5. The molecule has 0 fully saturated rings. The molecule has 0 aliphatic carbocycles. The minimum atomic E-state index is -1.62. The van der Waals surface area contributed by atoms with Crippen molar-refractivity contribution in [2.24, 2.45) is 0 Å². The number of aliphatic carboxylic acids is 1. The van der Waals surface area contributed by atoms with E-state index < -0.39 is 17.5 Å². The second-order valence-corrected chi connectivity index (χ2v) is 3.98. The third-order valence-corrected chi connectivity index (χ3v) is 2.50. The zero-order valence-electron chi connectivity index (χ0n) is 10.3. The molecule has 2 rings (SSSR count). The van der Waals surface area contributed by atoms with E-state index in [1.54, 1.807) is 17.1 Å². The summed E-state index contributed by atoms with van der Waals surface area (Å²) >= 11 is 0. The number of carbonyl (C=O) groups is 2. The van der Waals surface area contributed by atoms with Crippen LogP contribution in [0, 0.1) is 0 Å². The van der Waals surface area contributed by atoms with Crippen LogP contribution < -0.4 is 0 Å². The summed E-state index contributed by atoms with van der Waals surface area (Å²) in [5.74, 6) is -3.25. The van der Waals surface area contributed by atoms with Crippen LogP contribution in [-0.4, -0.2) is 36.7 Å². The second kappa shape index (κ2) is 5.79. The second-order valence-electron chi connectivity index (χ2n) is 3.98. The van der Waals surface area contributed by atoms with Crippen molar-refractivity contribution in [1.82, 2.24) is 14.8 Å². The summed E-state index contributed by atoms with van der Waals surface area (Å²) in [6.07, 6.45) is 6.82. The van der Waals surface area contributed by atoms with Crippen LogP contribution in [0.4, 0.5) is 0 Å². The van der Waals surface area contributed by atoms with E-state index in [1.165, 1.54) is 12.4 Å². The van der Waals surface area contributed by atoms with Crippen LogP contribution in [-0.2, 0) is 16.1 Å². The monoisotopic (exact) mass is 273 g/mol. The van der Waals surface area contributed by atoms with Crippen molar-refractivity contribution < 1.29 is 19.8 Å². The Balaban J connectivity index is 2.13. The van der Waals surface area contributed by atoms with Crippen LogP contribution in [0.2, 0.25) is 0 Å². The van der Waals surface area contributed by atoms with E-state index in [0.29, 0.717) is 12.6 Å². The lowest BCUT2D eigenvalue weighted by molar-refractivity contribution is -0.146. The topological polar surface area (TPSA) is 105 Å². The molecule has 0 amide bonds. The lowest BCUT2D eigenvalue weighted by Crippen LogP contribution is -2.09. The first-order chi connectivity index (χ1) is 9.56. The van der Waals surface area contributed by atoms with Gasteiger partial charge in [-0.05, 0) is 17.7 Å².